The van der Waals surface area contributed by atoms with E-state index in [0.717, 1.165) is 34.8 Å². The number of hydrogen-bond donors (Lipinski definition) is 0. The van der Waals surface area contributed by atoms with Crippen molar-refractivity contribution in [2.24, 2.45) is 0 Å². The van der Waals surface area contributed by atoms with Gasteiger partial charge >= 0.3 is 5.97 Å². The van der Waals surface area contributed by atoms with Gasteiger partial charge in [0, 0.05) is 18.4 Å². The van der Waals surface area contributed by atoms with Gasteiger partial charge in [0.15, 0.2) is 12.0 Å². The van der Waals surface area contributed by atoms with Gasteiger partial charge in [-0.25, -0.2) is 9.78 Å². The normalized spacial score (nSPS) is 12.7. The van der Waals surface area contributed by atoms with Gasteiger partial charge < -0.3 is 18.6 Å². The summed E-state index contributed by atoms with van der Waals surface area (Å²) in [5.41, 5.74) is 2.83. The molecule has 2 rings (SSSR count). The largest absolute Gasteiger partial charge is 0.487 e. The van der Waals surface area contributed by atoms with Crippen LogP contribution in [-0.4, -0.2) is 30.8 Å². The number of esters is 1. The lowest BCUT2D eigenvalue weighted by Gasteiger charge is -2.17. The van der Waals surface area contributed by atoms with Crippen molar-refractivity contribution in [3.05, 3.63) is 46.7 Å². The summed E-state index contributed by atoms with van der Waals surface area (Å²) >= 11 is 0. The third kappa shape index (κ3) is 6.07. The van der Waals surface area contributed by atoms with E-state index in [2.05, 4.69) is 32.7 Å². The number of nitrogens with zero attached hydrogens (tertiary/aromatic N) is 1. The van der Waals surface area contributed by atoms with Crippen LogP contribution in [-0.2, 0) is 39.1 Å². The number of benzene rings is 1. The van der Waals surface area contributed by atoms with E-state index in [1.54, 1.807) is 0 Å². The van der Waals surface area contributed by atoms with Crippen molar-refractivity contribution in [2.75, 3.05) is 13.7 Å². The molecule has 0 bridgehead atoms. The molecule has 0 fully saturated rings. The number of methoxy groups -OCH3 is 1. The summed E-state index contributed by atoms with van der Waals surface area (Å²) in [6.45, 7) is 12.9. The predicted molar refractivity (Wildman–Crippen MR) is 111 cm³/mol. The van der Waals surface area contributed by atoms with Crippen LogP contribution in [0.2, 0.25) is 0 Å². The molecule has 6 nitrogen and oxygen atoms in total. The Morgan fingerprint density at radius 2 is 1.93 bits per heavy atom. The lowest BCUT2D eigenvalue weighted by atomic mass is 9.97. The molecule has 0 saturated carbocycles. The second kappa shape index (κ2) is 9.92. The smallest absolute Gasteiger partial charge is 0.335 e. The van der Waals surface area contributed by atoms with Crippen molar-refractivity contribution in [2.45, 2.75) is 72.5 Å². The van der Waals surface area contributed by atoms with Crippen molar-refractivity contribution in [1.29, 1.82) is 0 Å². The van der Waals surface area contributed by atoms with Crippen molar-refractivity contribution in [1.82, 2.24) is 4.98 Å². The molecule has 1 aromatic heterocycles. The summed E-state index contributed by atoms with van der Waals surface area (Å²) < 4.78 is 22.2. The molecule has 6 heteroatoms. The monoisotopic (exact) mass is 403 g/mol. The molecular weight excluding hydrogens is 370 g/mol. The zero-order valence-corrected chi connectivity index (χ0v) is 18.6. The van der Waals surface area contributed by atoms with Gasteiger partial charge in [0.2, 0.25) is 0 Å². The van der Waals surface area contributed by atoms with E-state index < -0.39 is 6.10 Å². The molecule has 0 aliphatic rings. The van der Waals surface area contributed by atoms with Crippen molar-refractivity contribution >= 4 is 5.97 Å². The zero-order valence-electron chi connectivity index (χ0n) is 18.6. The van der Waals surface area contributed by atoms with Gasteiger partial charge in [-0.1, -0.05) is 33.8 Å². The summed E-state index contributed by atoms with van der Waals surface area (Å²) in [7, 11) is 1.38. The van der Waals surface area contributed by atoms with Crippen LogP contribution in [0.15, 0.2) is 22.6 Å². The topological polar surface area (TPSA) is 70.8 Å². The highest BCUT2D eigenvalue weighted by Gasteiger charge is 2.23. The van der Waals surface area contributed by atoms with Crippen LogP contribution in [0.4, 0.5) is 0 Å². The third-order valence-corrected chi connectivity index (χ3v) is 4.71. The Morgan fingerprint density at radius 3 is 2.48 bits per heavy atom. The molecule has 29 heavy (non-hydrogen) atoms. The van der Waals surface area contributed by atoms with Gasteiger partial charge in [-0.05, 0) is 43.5 Å². The summed E-state index contributed by atoms with van der Waals surface area (Å²) in [5, 5.41) is 0. The van der Waals surface area contributed by atoms with Crippen molar-refractivity contribution in [3.8, 4) is 5.75 Å². The molecular formula is C23H33NO5. The van der Waals surface area contributed by atoms with Crippen molar-refractivity contribution in [3.63, 3.8) is 0 Å². The fourth-order valence-corrected chi connectivity index (χ4v) is 3.00. The first-order chi connectivity index (χ1) is 13.7. The second-order valence-corrected chi connectivity index (χ2v) is 8.02. The van der Waals surface area contributed by atoms with Gasteiger partial charge in [0.05, 0.1) is 7.11 Å². The van der Waals surface area contributed by atoms with Gasteiger partial charge in [0.25, 0.3) is 0 Å². The van der Waals surface area contributed by atoms with Crippen LogP contribution in [0.1, 0.15) is 63.1 Å². The number of carbonyl (C=O) groups excluding carboxylic acids is 1. The average Bonchev–Trinajstić information content (AvgIpc) is 3.07. The molecule has 160 valence electrons. The highest BCUT2D eigenvalue weighted by molar-refractivity contribution is 5.75. The Bertz CT molecular complexity index is 819. The van der Waals surface area contributed by atoms with E-state index in [-0.39, 0.29) is 11.4 Å². The standard InChI is InChI=1S/C23H33NO5/c1-8-16-12-18(11-10-17(16)13-20(27-9-2)21(25)26-7)28-14-19-15(3)29-22(24-19)23(4,5)6/h10-12,20H,8-9,13-14H2,1-7H3/t20-/m0/s1. The summed E-state index contributed by atoms with van der Waals surface area (Å²) in [5.74, 6) is 1.89. The Hall–Kier alpha value is -2.34. The molecule has 1 heterocycles. The minimum atomic E-state index is -0.601. The van der Waals surface area contributed by atoms with Crippen LogP contribution >= 0.6 is 0 Å². The minimum absolute atomic E-state index is 0.142. The maximum atomic E-state index is 11.9. The number of oxazole rings is 1. The van der Waals surface area contributed by atoms with Crippen LogP contribution in [0.5, 0.6) is 5.75 Å². The summed E-state index contributed by atoms with van der Waals surface area (Å²) in [6, 6.07) is 5.91. The van der Waals surface area contributed by atoms with Gasteiger partial charge in [-0.15, -0.1) is 0 Å². The number of rotatable bonds is 9. The van der Waals surface area contributed by atoms with Gasteiger partial charge in [0.1, 0.15) is 23.8 Å². The van der Waals surface area contributed by atoms with Gasteiger partial charge in [-0.3, -0.25) is 0 Å². The fourth-order valence-electron chi connectivity index (χ4n) is 3.00. The molecule has 0 N–H and O–H groups in total. The lowest BCUT2D eigenvalue weighted by molar-refractivity contribution is -0.153. The van der Waals surface area contributed by atoms with E-state index >= 15 is 0 Å². The van der Waals surface area contributed by atoms with Crippen molar-refractivity contribution < 1.29 is 23.4 Å². The molecule has 0 unspecified atom stereocenters. The van der Waals surface area contributed by atoms with E-state index in [9.17, 15) is 4.79 Å². The van der Waals surface area contributed by atoms with E-state index in [0.29, 0.717) is 25.5 Å². The number of aromatic nitrogens is 1. The van der Waals surface area contributed by atoms with Crippen LogP contribution in [0.25, 0.3) is 0 Å². The lowest BCUT2D eigenvalue weighted by Crippen LogP contribution is -2.28. The molecule has 0 spiro atoms. The van der Waals surface area contributed by atoms with Crippen LogP contribution in [0, 0.1) is 6.92 Å². The second-order valence-electron chi connectivity index (χ2n) is 8.02. The summed E-state index contributed by atoms with van der Waals surface area (Å²) in [4.78, 5) is 16.5. The quantitative estimate of drug-likeness (QED) is 0.572. The van der Waals surface area contributed by atoms with E-state index in [1.807, 2.05) is 32.0 Å². The number of aryl methyl sites for hydroxylation is 2. The van der Waals surface area contributed by atoms with E-state index in [1.165, 1.54) is 7.11 Å². The molecule has 0 saturated heterocycles. The first-order valence-corrected chi connectivity index (χ1v) is 10.1. The number of ether oxygens (including phenoxy) is 3. The Morgan fingerprint density at radius 1 is 1.21 bits per heavy atom. The third-order valence-electron chi connectivity index (χ3n) is 4.71. The van der Waals surface area contributed by atoms with E-state index in [4.69, 9.17) is 18.6 Å². The predicted octanol–water partition coefficient (Wildman–Crippen LogP) is 4.54. The first kappa shape index (κ1) is 22.9. The molecule has 2 aromatic rings. The molecule has 1 aromatic carbocycles. The number of carbonyl (C=O) groups is 1. The summed E-state index contributed by atoms with van der Waals surface area (Å²) in [6.07, 6.45) is 0.695. The molecule has 0 amide bonds. The molecule has 1 atom stereocenters. The molecule has 0 aliphatic heterocycles. The first-order valence-electron chi connectivity index (χ1n) is 10.1. The fraction of sp³-hybridized carbons (Fsp3) is 0.565. The zero-order chi connectivity index (χ0) is 21.6. The van der Waals surface area contributed by atoms with Gasteiger partial charge in [-0.2, -0.15) is 0 Å². The highest BCUT2D eigenvalue weighted by Crippen LogP contribution is 2.26. The van der Waals surface area contributed by atoms with Crippen LogP contribution in [0.3, 0.4) is 0 Å². The Balaban J connectivity index is 2.12. The maximum Gasteiger partial charge on any atom is 0.335 e. The minimum Gasteiger partial charge on any atom is -0.487 e. The average molecular weight is 404 g/mol. The maximum absolute atomic E-state index is 11.9. The molecule has 0 aliphatic carbocycles. The Labute approximate surface area is 173 Å². The Kier molecular flexibility index (Phi) is 7.85. The highest BCUT2D eigenvalue weighted by atomic mass is 16.6. The molecule has 0 radical (unpaired) electrons. The SMILES string of the molecule is CCO[C@@H](Cc1ccc(OCc2nc(C(C)(C)C)oc2C)cc1CC)C(=O)OC. The number of hydrogen-bond acceptors (Lipinski definition) is 6. The van der Waals surface area contributed by atoms with Crippen LogP contribution < -0.4 is 4.74 Å².